The van der Waals surface area contributed by atoms with Crippen molar-refractivity contribution in [3.63, 3.8) is 0 Å². The number of aliphatic hydroxyl groups is 1. The van der Waals surface area contributed by atoms with E-state index in [1.54, 1.807) is 26.8 Å². The van der Waals surface area contributed by atoms with Gasteiger partial charge in [0, 0.05) is 24.7 Å². The fourth-order valence-corrected chi connectivity index (χ4v) is 2.12. The minimum Gasteiger partial charge on any atom is -0.389 e. The smallest absolute Gasteiger partial charge is 0.257 e. The van der Waals surface area contributed by atoms with E-state index in [1.165, 1.54) is 6.20 Å². The fourth-order valence-electron chi connectivity index (χ4n) is 2.12. The van der Waals surface area contributed by atoms with E-state index in [2.05, 4.69) is 20.8 Å². The van der Waals surface area contributed by atoms with Crippen LogP contribution in [-0.4, -0.2) is 46.3 Å². The molecule has 2 amide bonds. The largest absolute Gasteiger partial charge is 0.389 e. The molecule has 0 aliphatic carbocycles. The number of rotatable bonds is 6. The Balaban J connectivity index is 1.90. The van der Waals surface area contributed by atoms with Gasteiger partial charge in [-0.3, -0.25) is 9.59 Å². The molecule has 2 rings (SSSR count). The molecule has 0 bridgehead atoms. The molecule has 0 aliphatic rings. The number of hydrogen-bond donors (Lipinski definition) is 3. The molecule has 2 heterocycles. The lowest BCUT2D eigenvalue weighted by Crippen LogP contribution is -2.43. The lowest BCUT2D eigenvalue weighted by atomic mass is 9.96. The second kappa shape index (κ2) is 7.60. The van der Waals surface area contributed by atoms with Gasteiger partial charge in [0.05, 0.1) is 22.7 Å². The van der Waals surface area contributed by atoms with Crippen LogP contribution in [0.1, 0.15) is 43.7 Å². The number of aromatic nitrogens is 2. The number of fused-ring (bicyclic) bond motifs is 1. The number of amides is 2. The van der Waals surface area contributed by atoms with Gasteiger partial charge < -0.3 is 20.3 Å². The molecule has 136 valence electrons. The third-order valence-corrected chi connectivity index (χ3v) is 3.68. The van der Waals surface area contributed by atoms with Crippen LogP contribution in [0.4, 0.5) is 0 Å². The van der Waals surface area contributed by atoms with E-state index in [0.29, 0.717) is 23.1 Å². The lowest BCUT2D eigenvalue weighted by Gasteiger charge is -2.19. The van der Waals surface area contributed by atoms with Crippen LogP contribution >= 0.6 is 0 Å². The predicted molar refractivity (Wildman–Crippen MR) is 92.0 cm³/mol. The molecule has 0 aliphatic heterocycles. The summed E-state index contributed by atoms with van der Waals surface area (Å²) in [5, 5.41) is 19.8. The Labute approximate surface area is 146 Å². The number of pyridine rings is 1. The molecule has 8 nitrogen and oxygen atoms in total. The van der Waals surface area contributed by atoms with Gasteiger partial charge in [-0.1, -0.05) is 32.9 Å². The third kappa shape index (κ3) is 4.76. The summed E-state index contributed by atoms with van der Waals surface area (Å²) in [6.45, 7) is 7.38. The van der Waals surface area contributed by atoms with E-state index in [0.717, 1.165) is 5.69 Å². The van der Waals surface area contributed by atoms with Crippen LogP contribution in [0, 0.1) is 5.41 Å². The van der Waals surface area contributed by atoms with Gasteiger partial charge in [0.15, 0.2) is 0 Å². The van der Waals surface area contributed by atoms with Crippen LogP contribution in [0.2, 0.25) is 0 Å². The van der Waals surface area contributed by atoms with Gasteiger partial charge in [-0.05, 0) is 12.5 Å². The molecule has 3 N–H and O–H groups in total. The van der Waals surface area contributed by atoms with Crippen LogP contribution in [0.15, 0.2) is 16.8 Å². The molecule has 1 unspecified atom stereocenters. The normalized spacial score (nSPS) is 12.8. The third-order valence-electron chi connectivity index (χ3n) is 3.68. The molecular formula is C17H24N4O4. The molecule has 0 fully saturated rings. The molecule has 2 aromatic rings. The highest BCUT2D eigenvalue weighted by Gasteiger charge is 2.21. The quantitative estimate of drug-likeness (QED) is 0.718. The van der Waals surface area contributed by atoms with Crippen LogP contribution < -0.4 is 10.6 Å². The van der Waals surface area contributed by atoms with E-state index in [-0.39, 0.29) is 24.9 Å². The number of carbonyl (C=O) groups excluding carboxylic acids is 2. The van der Waals surface area contributed by atoms with E-state index >= 15 is 0 Å². The van der Waals surface area contributed by atoms with Crippen molar-refractivity contribution in [2.75, 3.05) is 13.1 Å². The molecular weight excluding hydrogens is 324 g/mol. The van der Waals surface area contributed by atoms with E-state index in [1.807, 2.05) is 6.92 Å². The van der Waals surface area contributed by atoms with Gasteiger partial charge >= 0.3 is 0 Å². The van der Waals surface area contributed by atoms with E-state index in [9.17, 15) is 14.7 Å². The van der Waals surface area contributed by atoms with Gasteiger partial charge in [0.1, 0.15) is 0 Å². The molecule has 0 saturated carbocycles. The molecule has 0 saturated heterocycles. The van der Waals surface area contributed by atoms with Crippen molar-refractivity contribution >= 4 is 22.9 Å². The summed E-state index contributed by atoms with van der Waals surface area (Å²) in [7, 11) is 0. The molecule has 0 aromatic carbocycles. The summed E-state index contributed by atoms with van der Waals surface area (Å²) in [6.07, 6.45) is 1.19. The number of nitrogens with zero attached hydrogens (tertiary/aromatic N) is 2. The van der Waals surface area contributed by atoms with Crippen LogP contribution in [0.25, 0.3) is 11.1 Å². The SMILES string of the molecule is CCc1noc2ncc(C(=O)NCC(O)CNC(=O)C(C)(C)C)cc12. The van der Waals surface area contributed by atoms with Crippen molar-refractivity contribution in [1.82, 2.24) is 20.8 Å². The van der Waals surface area contributed by atoms with Crippen molar-refractivity contribution in [1.29, 1.82) is 0 Å². The van der Waals surface area contributed by atoms with Crippen molar-refractivity contribution in [3.8, 4) is 0 Å². The highest BCUT2D eigenvalue weighted by molar-refractivity contribution is 5.97. The van der Waals surface area contributed by atoms with Crippen molar-refractivity contribution < 1.29 is 19.2 Å². The van der Waals surface area contributed by atoms with Gasteiger partial charge in [-0.15, -0.1) is 0 Å². The second-order valence-electron chi connectivity index (χ2n) is 6.88. The standard InChI is InChI=1S/C17H24N4O4/c1-5-13-12-6-10(7-19-15(12)25-21-13)14(23)18-8-11(22)9-20-16(24)17(2,3)4/h6-7,11,22H,5,8-9H2,1-4H3,(H,18,23)(H,20,24). The Bertz CT molecular complexity index is 764. The summed E-state index contributed by atoms with van der Waals surface area (Å²) >= 11 is 0. The summed E-state index contributed by atoms with van der Waals surface area (Å²) in [5.41, 5.74) is 0.955. The van der Waals surface area contributed by atoms with Crippen molar-refractivity contribution in [2.45, 2.75) is 40.2 Å². The van der Waals surface area contributed by atoms with Gasteiger partial charge in [0.2, 0.25) is 5.91 Å². The van der Waals surface area contributed by atoms with Crippen molar-refractivity contribution in [2.24, 2.45) is 5.41 Å². The average Bonchev–Trinajstić information content (AvgIpc) is 2.98. The first kappa shape index (κ1) is 18.9. The minimum atomic E-state index is -0.881. The maximum absolute atomic E-state index is 12.2. The Kier molecular flexibility index (Phi) is 5.73. The van der Waals surface area contributed by atoms with E-state index in [4.69, 9.17) is 4.52 Å². The van der Waals surface area contributed by atoms with Gasteiger partial charge in [0.25, 0.3) is 11.6 Å². The zero-order chi connectivity index (χ0) is 18.6. The minimum absolute atomic E-state index is 0.0194. The summed E-state index contributed by atoms with van der Waals surface area (Å²) < 4.78 is 5.08. The highest BCUT2D eigenvalue weighted by Crippen LogP contribution is 2.18. The molecule has 1 atom stereocenters. The number of aliphatic hydroxyl groups excluding tert-OH is 1. The fraction of sp³-hybridized carbons (Fsp3) is 0.529. The molecule has 8 heteroatoms. The van der Waals surface area contributed by atoms with Gasteiger partial charge in [-0.2, -0.15) is 0 Å². The van der Waals surface area contributed by atoms with Crippen LogP contribution in [-0.2, 0) is 11.2 Å². The number of aryl methyl sites for hydroxylation is 1. The predicted octanol–water partition coefficient (Wildman–Crippen LogP) is 1.04. The maximum Gasteiger partial charge on any atom is 0.257 e. The second-order valence-corrected chi connectivity index (χ2v) is 6.88. The maximum atomic E-state index is 12.2. The zero-order valence-electron chi connectivity index (χ0n) is 14.9. The summed E-state index contributed by atoms with van der Waals surface area (Å²) in [5.74, 6) is -0.522. The first-order valence-corrected chi connectivity index (χ1v) is 8.21. The Morgan fingerprint density at radius 2 is 1.96 bits per heavy atom. The van der Waals surface area contributed by atoms with Crippen LogP contribution in [0.3, 0.4) is 0 Å². The first-order chi connectivity index (χ1) is 11.7. The Morgan fingerprint density at radius 3 is 2.60 bits per heavy atom. The summed E-state index contributed by atoms with van der Waals surface area (Å²) in [6, 6.07) is 1.67. The lowest BCUT2D eigenvalue weighted by molar-refractivity contribution is -0.128. The Morgan fingerprint density at radius 1 is 1.28 bits per heavy atom. The van der Waals surface area contributed by atoms with Crippen LogP contribution in [0.5, 0.6) is 0 Å². The zero-order valence-corrected chi connectivity index (χ0v) is 14.9. The molecule has 0 spiro atoms. The highest BCUT2D eigenvalue weighted by atomic mass is 16.5. The van der Waals surface area contributed by atoms with Gasteiger partial charge in [-0.25, -0.2) is 4.98 Å². The molecule has 25 heavy (non-hydrogen) atoms. The topological polar surface area (TPSA) is 117 Å². The number of nitrogens with one attached hydrogen (secondary N) is 2. The molecule has 0 radical (unpaired) electrons. The summed E-state index contributed by atoms with van der Waals surface area (Å²) in [4.78, 5) is 28.0. The van der Waals surface area contributed by atoms with Crippen molar-refractivity contribution in [3.05, 3.63) is 23.5 Å². The Hall–Kier alpha value is -2.48. The van der Waals surface area contributed by atoms with E-state index < -0.39 is 11.5 Å². The number of hydrogen-bond acceptors (Lipinski definition) is 6. The molecule has 2 aromatic heterocycles. The first-order valence-electron chi connectivity index (χ1n) is 8.21. The monoisotopic (exact) mass is 348 g/mol. The average molecular weight is 348 g/mol. The number of carbonyl (C=O) groups is 2.